The molecule has 0 spiro atoms. The van der Waals surface area contributed by atoms with E-state index in [9.17, 15) is 24.0 Å². The summed E-state index contributed by atoms with van der Waals surface area (Å²) in [6.45, 7) is 0.532. The van der Waals surface area contributed by atoms with Crippen molar-refractivity contribution >= 4 is 11.4 Å². The maximum atomic E-state index is 13.0. The number of rotatable bonds is 5. The lowest BCUT2D eigenvalue weighted by molar-refractivity contribution is -0.385. The fourth-order valence-corrected chi connectivity index (χ4v) is 2.61. The Labute approximate surface area is 121 Å². The third kappa shape index (κ3) is 4.10. The van der Waals surface area contributed by atoms with Crippen LogP contribution < -0.4 is 5.32 Å². The molecular formula is C14H18F2N2O3. The molecule has 2 N–H and O–H groups in total. The summed E-state index contributed by atoms with van der Waals surface area (Å²) in [5, 5.41) is 23.0. The van der Waals surface area contributed by atoms with Gasteiger partial charge in [0.15, 0.2) is 0 Å². The maximum absolute atomic E-state index is 13.0. The van der Waals surface area contributed by atoms with E-state index in [1.807, 2.05) is 0 Å². The van der Waals surface area contributed by atoms with Crippen molar-refractivity contribution in [3.8, 4) is 0 Å². The Morgan fingerprint density at radius 2 is 2.00 bits per heavy atom. The van der Waals surface area contributed by atoms with Crippen LogP contribution in [0, 0.1) is 16.0 Å². The number of aliphatic hydroxyl groups excluding tert-OH is 1. The molecule has 7 heteroatoms. The topological polar surface area (TPSA) is 75.4 Å². The molecule has 0 saturated heterocycles. The third-order valence-corrected chi connectivity index (χ3v) is 3.88. The van der Waals surface area contributed by atoms with Crippen LogP contribution in [0.3, 0.4) is 0 Å². The summed E-state index contributed by atoms with van der Waals surface area (Å²) in [7, 11) is 0. The van der Waals surface area contributed by atoms with Gasteiger partial charge in [0.05, 0.1) is 11.0 Å². The summed E-state index contributed by atoms with van der Waals surface area (Å²) >= 11 is 0. The lowest BCUT2D eigenvalue weighted by Gasteiger charge is -2.26. The van der Waals surface area contributed by atoms with E-state index < -0.39 is 11.3 Å². The number of anilines is 1. The highest BCUT2D eigenvalue weighted by atomic mass is 19.3. The second kappa shape index (κ2) is 6.80. The zero-order chi connectivity index (χ0) is 15.4. The predicted molar refractivity (Wildman–Crippen MR) is 74.5 cm³/mol. The van der Waals surface area contributed by atoms with Gasteiger partial charge in [-0.25, -0.2) is 8.78 Å². The number of halogens is 2. The van der Waals surface area contributed by atoms with Crippen LogP contribution in [0.15, 0.2) is 18.2 Å². The first-order valence-electron chi connectivity index (χ1n) is 6.95. The van der Waals surface area contributed by atoms with Crippen LogP contribution >= 0.6 is 0 Å². The number of non-ortho nitro benzene ring substituents is 1. The molecule has 1 aromatic rings. The van der Waals surface area contributed by atoms with Crippen molar-refractivity contribution in [3.05, 3.63) is 33.9 Å². The number of hydrogen-bond donors (Lipinski definition) is 2. The van der Waals surface area contributed by atoms with Gasteiger partial charge in [-0.05, 0) is 37.7 Å². The Hall–Kier alpha value is -1.76. The van der Waals surface area contributed by atoms with Crippen molar-refractivity contribution in [1.29, 1.82) is 0 Å². The first-order valence-corrected chi connectivity index (χ1v) is 6.95. The van der Waals surface area contributed by atoms with Gasteiger partial charge in [0.2, 0.25) is 0 Å². The van der Waals surface area contributed by atoms with Crippen molar-refractivity contribution in [3.63, 3.8) is 0 Å². The molecule has 5 nitrogen and oxygen atoms in total. The predicted octanol–water partition coefficient (Wildman–Crippen LogP) is 3.50. The van der Waals surface area contributed by atoms with Crippen LogP contribution in [-0.4, -0.2) is 22.7 Å². The molecule has 2 rings (SSSR count). The zero-order valence-electron chi connectivity index (χ0n) is 11.5. The van der Waals surface area contributed by atoms with E-state index in [0.29, 0.717) is 12.5 Å². The zero-order valence-corrected chi connectivity index (χ0v) is 11.5. The van der Waals surface area contributed by atoms with E-state index in [2.05, 4.69) is 5.32 Å². The minimum Gasteiger partial charge on any atom is -0.393 e. The summed E-state index contributed by atoms with van der Waals surface area (Å²) in [5.74, 6) is 0.328. The molecule has 1 aliphatic carbocycles. The Kier molecular flexibility index (Phi) is 5.06. The fourth-order valence-electron chi connectivity index (χ4n) is 2.61. The molecule has 0 heterocycles. The average molecular weight is 300 g/mol. The number of aliphatic hydroxyl groups is 1. The molecule has 1 fully saturated rings. The Bertz CT molecular complexity index is 503. The highest BCUT2D eigenvalue weighted by molar-refractivity contribution is 5.56. The molecule has 116 valence electrons. The number of hydrogen-bond acceptors (Lipinski definition) is 4. The molecule has 21 heavy (non-hydrogen) atoms. The van der Waals surface area contributed by atoms with Crippen molar-refractivity contribution in [1.82, 2.24) is 0 Å². The molecule has 0 amide bonds. The summed E-state index contributed by atoms with van der Waals surface area (Å²) in [4.78, 5) is 9.96. The van der Waals surface area contributed by atoms with Gasteiger partial charge < -0.3 is 10.4 Å². The standard InChI is InChI=1S/C14H18F2N2O3/c15-14(16)12-7-10(18(20)21)3-6-13(12)17-8-9-1-4-11(19)5-2-9/h3,6-7,9,11,14,17,19H,1-2,4-5,8H2. The van der Waals surface area contributed by atoms with Gasteiger partial charge in [-0.3, -0.25) is 10.1 Å². The van der Waals surface area contributed by atoms with Crippen LogP contribution in [0.1, 0.15) is 37.7 Å². The van der Waals surface area contributed by atoms with Crippen molar-refractivity contribution < 1.29 is 18.8 Å². The van der Waals surface area contributed by atoms with Gasteiger partial charge in [-0.2, -0.15) is 0 Å². The molecule has 1 aliphatic rings. The monoisotopic (exact) mass is 300 g/mol. The first kappa shape index (κ1) is 15.6. The number of nitrogens with one attached hydrogen (secondary N) is 1. The second-order valence-corrected chi connectivity index (χ2v) is 5.38. The molecular weight excluding hydrogens is 282 g/mol. The Morgan fingerprint density at radius 3 is 2.57 bits per heavy atom. The van der Waals surface area contributed by atoms with Gasteiger partial charge in [0.25, 0.3) is 12.1 Å². The summed E-state index contributed by atoms with van der Waals surface area (Å²) < 4.78 is 26.0. The highest BCUT2D eigenvalue weighted by Gasteiger charge is 2.21. The molecule has 0 bridgehead atoms. The van der Waals surface area contributed by atoms with Crippen LogP contribution in [0.5, 0.6) is 0 Å². The number of nitro groups is 1. The van der Waals surface area contributed by atoms with E-state index in [0.717, 1.165) is 31.7 Å². The molecule has 0 aliphatic heterocycles. The normalized spacial score (nSPS) is 22.3. The molecule has 0 unspecified atom stereocenters. The van der Waals surface area contributed by atoms with E-state index in [-0.39, 0.29) is 23.0 Å². The first-order chi connectivity index (χ1) is 9.97. The van der Waals surface area contributed by atoms with Gasteiger partial charge in [-0.1, -0.05) is 0 Å². The Balaban J connectivity index is 2.03. The van der Waals surface area contributed by atoms with E-state index in [4.69, 9.17) is 0 Å². The van der Waals surface area contributed by atoms with E-state index in [1.54, 1.807) is 0 Å². The number of nitro benzene ring substituents is 1. The average Bonchev–Trinajstić information content (AvgIpc) is 2.46. The Morgan fingerprint density at radius 1 is 1.33 bits per heavy atom. The highest BCUT2D eigenvalue weighted by Crippen LogP contribution is 2.31. The van der Waals surface area contributed by atoms with Crippen molar-refractivity contribution in [2.45, 2.75) is 38.2 Å². The molecule has 0 atom stereocenters. The van der Waals surface area contributed by atoms with Crippen LogP contribution in [0.2, 0.25) is 0 Å². The largest absolute Gasteiger partial charge is 0.393 e. The SMILES string of the molecule is O=[N+]([O-])c1ccc(NCC2CCC(O)CC2)c(C(F)F)c1. The molecule has 1 saturated carbocycles. The minimum absolute atomic E-state index is 0.238. The molecule has 0 radical (unpaired) electrons. The van der Waals surface area contributed by atoms with Gasteiger partial charge in [-0.15, -0.1) is 0 Å². The molecule has 1 aromatic carbocycles. The van der Waals surface area contributed by atoms with Gasteiger partial charge >= 0.3 is 0 Å². The summed E-state index contributed by atoms with van der Waals surface area (Å²) in [5.41, 5.74) is -0.446. The number of nitrogens with zero attached hydrogens (tertiary/aromatic N) is 1. The van der Waals surface area contributed by atoms with Crippen molar-refractivity contribution in [2.75, 3.05) is 11.9 Å². The second-order valence-electron chi connectivity index (χ2n) is 5.38. The quantitative estimate of drug-likeness (QED) is 0.644. The van der Waals surface area contributed by atoms with E-state index >= 15 is 0 Å². The van der Waals surface area contributed by atoms with Crippen molar-refractivity contribution in [2.24, 2.45) is 5.92 Å². The summed E-state index contributed by atoms with van der Waals surface area (Å²) in [6.07, 6.45) is 0.150. The fraction of sp³-hybridized carbons (Fsp3) is 0.571. The summed E-state index contributed by atoms with van der Waals surface area (Å²) in [6, 6.07) is 3.47. The molecule has 0 aromatic heterocycles. The third-order valence-electron chi connectivity index (χ3n) is 3.88. The minimum atomic E-state index is -2.76. The smallest absolute Gasteiger partial charge is 0.270 e. The van der Waals surface area contributed by atoms with Crippen LogP contribution in [-0.2, 0) is 0 Å². The lowest BCUT2D eigenvalue weighted by atomic mass is 9.87. The maximum Gasteiger partial charge on any atom is 0.270 e. The number of benzene rings is 1. The van der Waals surface area contributed by atoms with Crippen LogP contribution in [0.25, 0.3) is 0 Å². The van der Waals surface area contributed by atoms with E-state index in [1.165, 1.54) is 12.1 Å². The van der Waals surface area contributed by atoms with Gasteiger partial charge in [0.1, 0.15) is 0 Å². The lowest BCUT2D eigenvalue weighted by Crippen LogP contribution is -2.23. The van der Waals surface area contributed by atoms with Crippen LogP contribution in [0.4, 0.5) is 20.2 Å². The number of alkyl halides is 2. The van der Waals surface area contributed by atoms with Gasteiger partial charge in [0, 0.05) is 29.9 Å².